The predicted molar refractivity (Wildman–Crippen MR) is 96.4 cm³/mol. The summed E-state index contributed by atoms with van der Waals surface area (Å²) >= 11 is 0. The van der Waals surface area contributed by atoms with Crippen LogP contribution in [0.25, 0.3) is 11.0 Å². The van der Waals surface area contributed by atoms with Crippen molar-refractivity contribution in [3.63, 3.8) is 0 Å². The quantitative estimate of drug-likeness (QED) is 0.754. The number of hydrogen-bond acceptors (Lipinski definition) is 2. The second kappa shape index (κ2) is 6.51. The van der Waals surface area contributed by atoms with E-state index in [0.29, 0.717) is 18.2 Å². The first-order valence-electron chi connectivity index (χ1n) is 8.36. The molecule has 0 fully saturated rings. The molecule has 2 aromatic heterocycles. The van der Waals surface area contributed by atoms with E-state index >= 15 is 0 Å². The van der Waals surface area contributed by atoms with Gasteiger partial charge in [0.1, 0.15) is 0 Å². The largest absolute Gasteiger partial charge is 0.352 e. The minimum atomic E-state index is -0.0517. The van der Waals surface area contributed by atoms with Crippen LogP contribution in [0.5, 0.6) is 0 Å². The van der Waals surface area contributed by atoms with Crippen LogP contribution < -0.4 is 5.32 Å². The molecule has 0 spiro atoms. The highest BCUT2D eigenvalue weighted by Gasteiger charge is 2.12. The molecular weight excluding hydrogens is 300 g/mol. The fourth-order valence-electron chi connectivity index (χ4n) is 3.38. The number of fused-ring (bicyclic) bond motifs is 1. The average Bonchev–Trinajstić information content (AvgIpc) is 3.10. The lowest BCUT2D eigenvalue weighted by atomic mass is 10.1. The second-order valence-corrected chi connectivity index (χ2v) is 6.50. The van der Waals surface area contributed by atoms with Gasteiger partial charge in [-0.15, -0.1) is 0 Å². The third-order valence-corrected chi connectivity index (χ3v) is 4.47. The Labute approximate surface area is 142 Å². The zero-order valence-electron chi connectivity index (χ0n) is 14.7. The molecule has 2 N–H and O–H groups in total. The molecule has 2 heterocycles. The molecule has 0 unspecified atom stereocenters. The van der Waals surface area contributed by atoms with Crippen molar-refractivity contribution in [2.24, 2.45) is 0 Å². The zero-order valence-corrected chi connectivity index (χ0v) is 14.7. The number of carbonyl (C=O) groups is 1. The number of aromatic nitrogens is 3. The third-order valence-electron chi connectivity index (χ3n) is 4.47. The predicted octanol–water partition coefficient (Wildman–Crippen LogP) is 3.53. The maximum absolute atomic E-state index is 12.3. The van der Waals surface area contributed by atoms with E-state index in [1.807, 2.05) is 18.2 Å². The Hall–Kier alpha value is -2.56. The Kier molecular flexibility index (Phi) is 4.42. The Balaban J connectivity index is 1.64. The van der Waals surface area contributed by atoms with Gasteiger partial charge in [-0.05, 0) is 63.9 Å². The van der Waals surface area contributed by atoms with Crippen LogP contribution in [-0.2, 0) is 6.42 Å². The summed E-state index contributed by atoms with van der Waals surface area (Å²) in [5.74, 6) is -0.0517. The van der Waals surface area contributed by atoms with Crippen molar-refractivity contribution in [2.75, 3.05) is 6.54 Å². The van der Waals surface area contributed by atoms with Crippen LogP contribution in [0.4, 0.5) is 0 Å². The number of imidazole rings is 1. The van der Waals surface area contributed by atoms with Gasteiger partial charge in [0.2, 0.25) is 0 Å². The number of benzene rings is 1. The molecule has 3 rings (SSSR count). The van der Waals surface area contributed by atoms with Crippen molar-refractivity contribution in [3.05, 3.63) is 53.1 Å². The third kappa shape index (κ3) is 3.07. The van der Waals surface area contributed by atoms with Crippen LogP contribution in [0.3, 0.4) is 0 Å². The van der Waals surface area contributed by atoms with Gasteiger partial charge in [0.25, 0.3) is 5.91 Å². The monoisotopic (exact) mass is 324 g/mol. The summed E-state index contributed by atoms with van der Waals surface area (Å²) in [6.45, 7) is 9.29. The van der Waals surface area contributed by atoms with E-state index in [1.54, 1.807) is 6.33 Å². The van der Waals surface area contributed by atoms with Crippen LogP contribution in [0.2, 0.25) is 0 Å². The number of hydrogen-bond donors (Lipinski definition) is 2. The maximum atomic E-state index is 12.3. The smallest absolute Gasteiger partial charge is 0.251 e. The lowest BCUT2D eigenvalue weighted by Gasteiger charge is -2.14. The van der Waals surface area contributed by atoms with Gasteiger partial charge in [-0.1, -0.05) is 0 Å². The normalized spacial score (nSPS) is 11.4. The molecule has 0 atom stereocenters. The number of H-pyrrole nitrogens is 1. The number of nitrogens with zero attached hydrogens (tertiary/aromatic N) is 2. The summed E-state index contributed by atoms with van der Waals surface area (Å²) in [6, 6.07) is 8.18. The fourth-order valence-corrected chi connectivity index (χ4v) is 3.38. The van der Waals surface area contributed by atoms with E-state index in [4.69, 9.17) is 0 Å². The fraction of sp³-hybridized carbons (Fsp3) is 0.368. The Morgan fingerprint density at radius 2 is 2.08 bits per heavy atom. The van der Waals surface area contributed by atoms with Crippen LogP contribution in [0.1, 0.15) is 47.2 Å². The SMILES string of the molecule is Cc1cc(CCNC(=O)c2ccc3nc[nH]c3c2)c(C)n1C(C)C. The van der Waals surface area contributed by atoms with Crippen molar-refractivity contribution in [3.8, 4) is 0 Å². The molecule has 5 heteroatoms. The van der Waals surface area contributed by atoms with Crippen molar-refractivity contribution in [1.29, 1.82) is 0 Å². The minimum Gasteiger partial charge on any atom is -0.352 e. The van der Waals surface area contributed by atoms with Gasteiger partial charge in [0.15, 0.2) is 0 Å². The first-order valence-corrected chi connectivity index (χ1v) is 8.36. The molecule has 0 aliphatic carbocycles. The second-order valence-electron chi connectivity index (χ2n) is 6.50. The first kappa shape index (κ1) is 16.3. The van der Waals surface area contributed by atoms with Crippen LogP contribution in [-0.4, -0.2) is 27.0 Å². The molecule has 3 aromatic rings. The molecule has 0 aliphatic heterocycles. The molecule has 0 aliphatic rings. The summed E-state index contributed by atoms with van der Waals surface area (Å²) in [4.78, 5) is 19.5. The molecular formula is C19H24N4O. The molecule has 0 radical (unpaired) electrons. The highest BCUT2D eigenvalue weighted by Crippen LogP contribution is 2.20. The molecule has 1 aromatic carbocycles. The number of aromatic amines is 1. The average molecular weight is 324 g/mol. The first-order chi connectivity index (χ1) is 11.5. The van der Waals surface area contributed by atoms with Gasteiger partial charge in [0.05, 0.1) is 17.4 Å². The Morgan fingerprint density at radius 3 is 2.79 bits per heavy atom. The highest BCUT2D eigenvalue weighted by molar-refractivity contribution is 5.97. The zero-order chi connectivity index (χ0) is 17.3. The van der Waals surface area contributed by atoms with Gasteiger partial charge >= 0.3 is 0 Å². The molecule has 126 valence electrons. The van der Waals surface area contributed by atoms with Crippen LogP contribution >= 0.6 is 0 Å². The van der Waals surface area contributed by atoms with E-state index < -0.39 is 0 Å². The van der Waals surface area contributed by atoms with Crippen molar-refractivity contribution >= 4 is 16.9 Å². The summed E-state index contributed by atoms with van der Waals surface area (Å²) < 4.78 is 2.34. The number of amides is 1. The number of nitrogens with one attached hydrogen (secondary N) is 2. The number of rotatable bonds is 5. The van der Waals surface area contributed by atoms with E-state index in [-0.39, 0.29) is 5.91 Å². The molecule has 1 amide bonds. The van der Waals surface area contributed by atoms with Gasteiger partial charge in [-0.3, -0.25) is 4.79 Å². The van der Waals surface area contributed by atoms with Gasteiger partial charge in [0, 0.05) is 29.5 Å². The molecule has 0 saturated heterocycles. The molecule has 5 nitrogen and oxygen atoms in total. The van der Waals surface area contributed by atoms with Crippen molar-refractivity contribution in [1.82, 2.24) is 19.9 Å². The number of carbonyl (C=O) groups excluding carboxylic acids is 1. The van der Waals surface area contributed by atoms with E-state index in [2.05, 4.69) is 53.6 Å². The summed E-state index contributed by atoms with van der Waals surface area (Å²) in [5, 5.41) is 3.01. The standard InChI is InChI=1S/C19H24N4O/c1-12(2)23-13(3)9-15(14(23)4)7-8-20-19(24)16-5-6-17-18(10-16)22-11-21-17/h5-6,9-12H,7-8H2,1-4H3,(H,20,24)(H,21,22). The van der Waals surface area contributed by atoms with Crippen LogP contribution in [0, 0.1) is 13.8 Å². The van der Waals surface area contributed by atoms with Crippen LogP contribution in [0.15, 0.2) is 30.6 Å². The van der Waals surface area contributed by atoms with E-state index in [1.165, 1.54) is 17.0 Å². The lowest BCUT2D eigenvalue weighted by molar-refractivity contribution is 0.0954. The van der Waals surface area contributed by atoms with E-state index in [9.17, 15) is 4.79 Å². The highest BCUT2D eigenvalue weighted by atomic mass is 16.1. The van der Waals surface area contributed by atoms with Crippen molar-refractivity contribution in [2.45, 2.75) is 40.2 Å². The van der Waals surface area contributed by atoms with Gasteiger partial charge < -0.3 is 14.9 Å². The van der Waals surface area contributed by atoms with E-state index in [0.717, 1.165) is 17.5 Å². The van der Waals surface area contributed by atoms with Crippen molar-refractivity contribution < 1.29 is 4.79 Å². The Morgan fingerprint density at radius 1 is 1.29 bits per heavy atom. The lowest BCUT2D eigenvalue weighted by Crippen LogP contribution is -2.25. The topological polar surface area (TPSA) is 62.7 Å². The minimum absolute atomic E-state index is 0.0517. The number of aryl methyl sites for hydroxylation is 1. The summed E-state index contributed by atoms with van der Waals surface area (Å²) in [5.41, 5.74) is 6.25. The maximum Gasteiger partial charge on any atom is 0.251 e. The summed E-state index contributed by atoms with van der Waals surface area (Å²) in [6.07, 6.45) is 2.47. The van der Waals surface area contributed by atoms with Gasteiger partial charge in [-0.2, -0.15) is 0 Å². The molecule has 24 heavy (non-hydrogen) atoms. The molecule has 0 saturated carbocycles. The molecule has 0 bridgehead atoms. The summed E-state index contributed by atoms with van der Waals surface area (Å²) in [7, 11) is 0. The van der Waals surface area contributed by atoms with Gasteiger partial charge in [-0.25, -0.2) is 4.98 Å². The Bertz CT molecular complexity index is 873.